The molecule has 4 nitrogen and oxygen atoms in total. The average molecular weight is 210 g/mol. The Balaban J connectivity index is 2.81. The van der Waals surface area contributed by atoms with E-state index in [9.17, 15) is 0 Å². The first-order valence-electron chi connectivity index (χ1n) is 4.79. The number of benzene rings is 1. The van der Waals surface area contributed by atoms with Gasteiger partial charge in [-0.3, -0.25) is 10.4 Å². The number of hydrogen-bond donors (Lipinski definition) is 1. The molecule has 0 saturated carbocycles. The zero-order valence-electron chi connectivity index (χ0n) is 9.70. The van der Waals surface area contributed by atoms with Crippen LogP contribution in [0.25, 0.3) is 0 Å². The van der Waals surface area contributed by atoms with Crippen molar-refractivity contribution in [2.45, 2.75) is 6.54 Å². The van der Waals surface area contributed by atoms with Crippen LogP contribution in [-0.2, 0) is 6.54 Å². The molecule has 15 heavy (non-hydrogen) atoms. The van der Waals surface area contributed by atoms with Gasteiger partial charge in [0.2, 0.25) is 0 Å². The van der Waals surface area contributed by atoms with Gasteiger partial charge in [0.1, 0.15) is 11.5 Å². The van der Waals surface area contributed by atoms with Crippen LogP contribution in [-0.4, -0.2) is 33.3 Å². The number of nitrogens with one attached hydrogen (secondary N) is 1. The molecule has 0 amide bonds. The Bertz CT molecular complexity index is 313. The minimum absolute atomic E-state index is 0.716. The molecule has 84 valence electrons. The molecule has 1 N–H and O–H groups in total. The van der Waals surface area contributed by atoms with Crippen molar-refractivity contribution >= 4 is 0 Å². The summed E-state index contributed by atoms with van der Waals surface area (Å²) in [5, 5.41) is 1.90. The molecule has 4 heteroatoms. The third-order valence-electron chi connectivity index (χ3n) is 2.07. The van der Waals surface area contributed by atoms with Gasteiger partial charge < -0.3 is 9.47 Å². The minimum Gasteiger partial charge on any atom is -0.497 e. The summed E-state index contributed by atoms with van der Waals surface area (Å²) in [4.78, 5) is 0. The van der Waals surface area contributed by atoms with E-state index >= 15 is 0 Å². The maximum absolute atomic E-state index is 5.26. The van der Waals surface area contributed by atoms with Crippen LogP contribution in [0.3, 0.4) is 0 Å². The Morgan fingerprint density at radius 2 is 1.93 bits per heavy atom. The lowest BCUT2D eigenvalue weighted by Crippen LogP contribution is -2.29. The fraction of sp³-hybridized carbons (Fsp3) is 0.455. The smallest absolute Gasteiger partial charge is 0.123 e. The average Bonchev–Trinajstić information content (AvgIpc) is 2.25. The van der Waals surface area contributed by atoms with Crippen molar-refractivity contribution in [3.8, 4) is 11.5 Å². The van der Waals surface area contributed by atoms with Gasteiger partial charge in [0.25, 0.3) is 0 Å². The van der Waals surface area contributed by atoms with Gasteiger partial charge >= 0.3 is 0 Å². The number of ether oxygens (including phenoxy) is 2. The second-order valence-corrected chi connectivity index (χ2v) is 3.41. The molecule has 0 atom stereocenters. The third kappa shape index (κ3) is 3.42. The molecule has 0 saturated heterocycles. The van der Waals surface area contributed by atoms with Gasteiger partial charge in [0, 0.05) is 26.2 Å². The van der Waals surface area contributed by atoms with Crippen LogP contribution in [0, 0.1) is 0 Å². The topological polar surface area (TPSA) is 33.7 Å². The van der Waals surface area contributed by atoms with E-state index in [1.165, 1.54) is 0 Å². The Hall–Kier alpha value is -1.26. The normalized spacial score (nSPS) is 10.5. The van der Waals surface area contributed by atoms with Crippen LogP contribution < -0.4 is 14.9 Å². The Labute approximate surface area is 90.8 Å². The molecule has 0 spiro atoms. The first-order valence-corrected chi connectivity index (χ1v) is 4.79. The van der Waals surface area contributed by atoms with Crippen LogP contribution in [0.5, 0.6) is 11.5 Å². The third-order valence-corrected chi connectivity index (χ3v) is 2.07. The van der Waals surface area contributed by atoms with E-state index < -0.39 is 0 Å². The van der Waals surface area contributed by atoms with Gasteiger partial charge in [-0.05, 0) is 18.2 Å². The van der Waals surface area contributed by atoms with Crippen LogP contribution in [0.15, 0.2) is 18.2 Å². The van der Waals surface area contributed by atoms with Crippen molar-refractivity contribution in [3.05, 3.63) is 23.8 Å². The predicted molar refractivity (Wildman–Crippen MR) is 60.1 cm³/mol. The monoisotopic (exact) mass is 210 g/mol. The molecule has 0 aliphatic rings. The Morgan fingerprint density at radius 1 is 1.20 bits per heavy atom. The molecule has 0 fully saturated rings. The zero-order chi connectivity index (χ0) is 11.3. The maximum atomic E-state index is 5.26. The van der Waals surface area contributed by atoms with Gasteiger partial charge in [0.15, 0.2) is 0 Å². The number of rotatable bonds is 5. The SMILES string of the molecule is COc1ccc(OC)c(CNN(C)C)c1. The second-order valence-electron chi connectivity index (χ2n) is 3.41. The van der Waals surface area contributed by atoms with E-state index in [1.807, 2.05) is 37.3 Å². The summed E-state index contributed by atoms with van der Waals surface area (Å²) in [6, 6.07) is 5.76. The summed E-state index contributed by atoms with van der Waals surface area (Å²) < 4.78 is 10.4. The molecule has 0 heterocycles. The minimum atomic E-state index is 0.716. The second kappa shape index (κ2) is 5.58. The lowest BCUT2D eigenvalue weighted by Gasteiger charge is -2.14. The molecule has 0 radical (unpaired) electrons. The first kappa shape index (κ1) is 11.8. The highest BCUT2D eigenvalue weighted by atomic mass is 16.5. The van der Waals surface area contributed by atoms with E-state index in [0.717, 1.165) is 17.1 Å². The molecular weight excluding hydrogens is 192 g/mol. The summed E-state index contributed by atoms with van der Waals surface area (Å²) in [6.45, 7) is 0.716. The van der Waals surface area contributed by atoms with E-state index in [4.69, 9.17) is 9.47 Å². The van der Waals surface area contributed by atoms with Crippen molar-refractivity contribution in [3.63, 3.8) is 0 Å². The zero-order valence-corrected chi connectivity index (χ0v) is 9.70. The summed E-state index contributed by atoms with van der Waals surface area (Å²) >= 11 is 0. The summed E-state index contributed by atoms with van der Waals surface area (Å²) in [5.41, 5.74) is 4.26. The van der Waals surface area contributed by atoms with Crippen LogP contribution in [0.2, 0.25) is 0 Å². The van der Waals surface area contributed by atoms with Crippen molar-refractivity contribution < 1.29 is 9.47 Å². The molecule has 0 aliphatic carbocycles. The van der Waals surface area contributed by atoms with Crippen molar-refractivity contribution in [2.24, 2.45) is 0 Å². The van der Waals surface area contributed by atoms with E-state index in [1.54, 1.807) is 14.2 Å². The van der Waals surface area contributed by atoms with Gasteiger partial charge in [-0.25, -0.2) is 0 Å². The lowest BCUT2D eigenvalue weighted by atomic mass is 10.2. The highest BCUT2D eigenvalue weighted by Gasteiger charge is 2.04. The molecule has 1 aromatic rings. The van der Waals surface area contributed by atoms with Crippen molar-refractivity contribution in [1.29, 1.82) is 0 Å². The molecule has 0 unspecified atom stereocenters. The largest absolute Gasteiger partial charge is 0.497 e. The van der Waals surface area contributed by atoms with Crippen molar-refractivity contribution in [1.82, 2.24) is 10.4 Å². The summed E-state index contributed by atoms with van der Waals surface area (Å²) in [5.74, 6) is 1.71. The van der Waals surface area contributed by atoms with E-state index in [2.05, 4.69) is 5.43 Å². The maximum Gasteiger partial charge on any atom is 0.123 e. The molecular formula is C11H18N2O2. The van der Waals surface area contributed by atoms with Crippen LogP contribution in [0.4, 0.5) is 0 Å². The summed E-state index contributed by atoms with van der Waals surface area (Å²) in [6.07, 6.45) is 0. The first-order chi connectivity index (χ1) is 7.17. The molecule has 1 rings (SSSR count). The lowest BCUT2D eigenvalue weighted by molar-refractivity contribution is 0.282. The number of methoxy groups -OCH3 is 2. The standard InChI is InChI=1S/C11H18N2O2/c1-13(2)12-8-9-7-10(14-3)5-6-11(9)15-4/h5-7,12H,8H2,1-4H3. The summed E-state index contributed by atoms with van der Waals surface area (Å²) in [7, 11) is 7.23. The van der Waals surface area contributed by atoms with Crippen molar-refractivity contribution in [2.75, 3.05) is 28.3 Å². The molecule has 0 aliphatic heterocycles. The molecule has 0 aromatic heterocycles. The van der Waals surface area contributed by atoms with E-state index in [-0.39, 0.29) is 0 Å². The fourth-order valence-corrected chi connectivity index (χ4v) is 1.26. The highest BCUT2D eigenvalue weighted by Crippen LogP contribution is 2.23. The fourth-order valence-electron chi connectivity index (χ4n) is 1.26. The van der Waals surface area contributed by atoms with E-state index in [0.29, 0.717) is 6.54 Å². The number of hydrogen-bond acceptors (Lipinski definition) is 4. The number of nitrogens with zero attached hydrogens (tertiary/aromatic N) is 1. The van der Waals surface area contributed by atoms with Gasteiger partial charge in [-0.2, -0.15) is 0 Å². The molecule has 0 bridgehead atoms. The molecule has 1 aromatic carbocycles. The Morgan fingerprint density at radius 3 is 2.47 bits per heavy atom. The van der Waals surface area contributed by atoms with Gasteiger partial charge in [0.05, 0.1) is 14.2 Å². The predicted octanol–water partition coefficient (Wildman–Crippen LogP) is 1.27. The van der Waals surface area contributed by atoms with Crippen LogP contribution >= 0.6 is 0 Å². The van der Waals surface area contributed by atoms with Crippen LogP contribution in [0.1, 0.15) is 5.56 Å². The Kier molecular flexibility index (Phi) is 4.39. The van der Waals surface area contributed by atoms with Gasteiger partial charge in [-0.1, -0.05) is 0 Å². The highest BCUT2D eigenvalue weighted by molar-refractivity contribution is 5.40. The number of hydrazine groups is 1. The van der Waals surface area contributed by atoms with Gasteiger partial charge in [-0.15, -0.1) is 0 Å². The quantitative estimate of drug-likeness (QED) is 0.742.